The van der Waals surface area contributed by atoms with Crippen LogP contribution in [0.1, 0.15) is 17.5 Å². The Kier molecular flexibility index (Phi) is 6.22. The van der Waals surface area contributed by atoms with Crippen LogP contribution in [0.4, 0.5) is 4.39 Å². The first-order valence-electron chi connectivity index (χ1n) is 7.49. The molecule has 0 aliphatic carbocycles. The molecule has 0 spiro atoms. The van der Waals surface area contributed by atoms with Crippen LogP contribution in [0.15, 0.2) is 48.5 Å². The lowest BCUT2D eigenvalue weighted by Gasteiger charge is -2.28. The Morgan fingerprint density at radius 1 is 1.00 bits per heavy atom. The molecule has 1 aliphatic rings. The summed E-state index contributed by atoms with van der Waals surface area (Å²) in [5, 5.41) is 0. The van der Waals surface area contributed by atoms with Crippen molar-refractivity contribution in [2.75, 3.05) is 19.7 Å². The van der Waals surface area contributed by atoms with Gasteiger partial charge in [0.2, 0.25) is 0 Å². The SMILES string of the molecule is Cl.Fc1ccc(OCCCN2CCc3ccccc3C2)cc1. The molecule has 0 bridgehead atoms. The second-order valence-corrected chi connectivity index (χ2v) is 5.45. The van der Waals surface area contributed by atoms with Gasteiger partial charge in [0.05, 0.1) is 6.61 Å². The molecule has 4 heteroatoms. The molecule has 0 aromatic heterocycles. The van der Waals surface area contributed by atoms with Crippen LogP contribution in [0.25, 0.3) is 0 Å². The molecule has 0 unspecified atom stereocenters. The van der Waals surface area contributed by atoms with Gasteiger partial charge in [-0.25, -0.2) is 4.39 Å². The third-order valence-electron chi connectivity index (χ3n) is 3.91. The highest BCUT2D eigenvalue weighted by molar-refractivity contribution is 5.85. The smallest absolute Gasteiger partial charge is 0.123 e. The number of hydrogen-bond donors (Lipinski definition) is 0. The Morgan fingerprint density at radius 2 is 1.73 bits per heavy atom. The van der Waals surface area contributed by atoms with E-state index in [2.05, 4.69) is 29.2 Å². The van der Waals surface area contributed by atoms with E-state index < -0.39 is 0 Å². The molecule has 2 aromatic carbocycles. The first kappa shape index (κ1) is 16.8. The molecule has 22 heavy (non-hydrogen) atoms. The summed E-state index contributed by atoms with van der Waals surface area (Å²) in [5.74, 6) is 0.509. The molecule has 0 atom stereocenters. The highest BCUT2D eigenvalue weighted by Crippen LogP contribution is 2.18. The summed E-state index contributed by atoms with van der Waals surface area (Å²) in [6.07, 6.45) is 2.12. The number of ether oxygens (including phenoxy) is 1. The van der Waals surface area contributed by atoms with Crippen molar-refractivity contribution in [1.82, 2.24) is 4.90 Å². The first-order valence-corrected chi connectivity index (χ1v) is 7.49. The third-order valence-corrected chi connectivity index (χ3v) is 3.91. The van der Waals surface area contributed by atoms with E-state index in [4.69, 9.17) is 4.74 Å². The lowest BCUT2D eigenvalue weighted by Crippen LogP contribution is -2.31. The van der Waals surface area contributed by atoms with Crippen molar-refractivity contribution in [3.05, 3.63) is 65.5 Å². The molecule has 0 N–H and O–H groups in total. The van der Waals surface area contributed by atoms with Gasteiger partial charge in [0.1, 0.15) is 11.6 Å². The summed E-state index contributed by atoms with van der Waals surface area (Å²) in [7, 11) is 0. The fourth-order valence-corrected chi connectivity index (χ4v) is 2.75. The topological polar surface area (TPSA) is 12.5 Å². The van der Waals surface area contributed by atoms with Crippen LogP contribution < -0.4 is 4.74 Å². The van der Waals surface area contributed by atoms with E-state index in [0.717, 1.165) is 38.2 Å². The quantitative estimate of drug-likeness (QED) is 0.770. The molecule has 1 aliphatic heterocycles. The number of hydrogen-bond acceptors (Lipinski definition) is 2. The van der Waals surface area contributed by atoms with Crippen LogP contribution in [-0.2, 0) is 13.0 Å². The van der Waals surface area contributed by atoms with E-state index in [1.165, 1.54) is 23.3 Å². The summed E-state index contributed by atoms with van der Waals surface area (Å²) >= 11 is 0. The first-order chi connectivity index (χ1) is 10.3. The number of benzene rings is 2. The average molecular weight is 322 g/mol. The van der Waals surface area contributed by atoms with Gasteiger partial charge in [-0.2, -0.15) is 0 Å². The molecule has 3 rings (SSSR count). The van der Waals surface area contributed by atoms with E-state index in [-0.39, 0.29) is 18.2 Å². The van der Waals surface area contributed by atoms with Gasteiger partial charge in [-0.1, -0.05) is 24.3 Å². The van der Waals surface area contributed by atoms with Crippen molar-refractivity contribution in [3.63, 3.8) is 0 Å². The van der Waals surface area contributed by atoms with Gasteiger partial charge in [-0.15, -0.1) is 12.4 Å². The van der Waals surface area contributed by atoms with Gasteiger partial charge >= 0.3 is 0 Å². The maximum absolute atomic E-state index is 12.8. The third kappa shape index (κ3) is 4.46. The minimum atomic E-state index is -0.227. The van der Waals surface area contributed by atoms with Crippen LogP contribution in [0.5, 0.6) is 5.75 Å². The predicted octanol–water partition coefficient (Wildman–Crippen LogP) is 4.07. The van der Waals surface area contributed by atoms with Crippen LogP contribution in [0.3, 0.4) is 0 Å². The molecule has 0 saturated heterocycles. The molecule has 2 aromatic rings. The standard InChI is InChI=1S/C18H20FNO.ClH/c19-17-6-8-18(9-7-17)21-13-3-11-20-12-10-15-4-1-2-5-16(15)14-20;/h1-2,4-9H,3,10-14H2;1H. The number of rotatable bonds is 5. The van der Waals surface area contributed by atoms with Crippen molar-refractivity contribution < 1.29 is 9.13 Å². The minimum Gasteiger partial charge on any atom is -0.494 e. The van der Waals surface area contributed by atoms with E-state index in [1.807, 2.05) is 0 Å². The molecule has 0 amide bonds. The highest BCUT2D eigenvalue weighted by Gasteiger charge is 2.14. The molecule has 0 fully saturated rings. The Hall–Kier alpha value is -1.58. The Labute approximate surface area is 137 Å². The van der Waals surface area contributed by atoms with Crippen molar-refractivity contribution in [1.29, 1.82) is 0 Å². The highest BCUT2D eigenvalue weighted by atomic mass is 35.5. The van der Waals surface area contributed by atoms with Crippen LogP contribution in [0, 0.1) is 5.82 Å². The van der Waals surface area contributed by atoms with Gasteiger partial charge in [-0.05, 0) is 48.2 Å². The minimum absolute atomic E-state index is 0. The molecular weight excluding hydrogens is 301 g/mol. The van der Waals surface area contributed by atoms with Crippen LogP contribution >= 0.6 is 12.4 Å². The zero-order chi connectivity index (χ0) is 14.5. The number of fused-ring (bicyclic) bond motifs is 1. The summed E-state index contributed by atoms with van der Waals surface area (Å²) in [6.45, 7) is 3.86. The van der Waals surface area contributed by atoms with Crippen molar-refractivity contribution in [2.24, 2.45) is 0 Å². The molecule has 118 valence electrons. The van der Waals surface area contributed by atoms with Gasteiger partial charge in [0, 0.05) is 19.6 Å². The largest absolute Gasteiger partial charge is 0.494 e. The van der Waals surface area contributed by atoms with Crippen LogP contribution in [-0.4, -0.2) is 24.6 Å². The molecule has 0 saturated carbocycles. The maximum Gasteiger partial charge on any atom is 0.123 e. The van der Waals surface area contributed by atoms with Gasteiger partial charge in [0.25, 0.3) is 0 Å². The van der Waals surface area contributed by atoms with Crippen LogP contribution in [0.2, 0.25) is 0 Å². The molecule has 0 radical (unpaired) electrons. The van der Waals surface area contributed by atoms with E-state index in [0.29, 0.717) is 6.61 Å². The Balaban J connectivity index is 0.00000176. The zero-order valence-corrected chi connectivity index (χ0v) is 13.3. The summed E-state index contributed by atoms with van der Waals surface area (Å²) in [5.41, 5.74) is 2.93. The summed E-state index contributed by atoms with van der Waals surface area (Å²) < 4.78 is 18.4. The monoisotopic (exact) mass is 321 g/mol. The Morgan fingerprint density at radius 3 is 2.50 bits per heavy atom. The lowest BCUT2D eigenvalue weighted by molar-refractivity contribution is 0.221. The molecule has 2 nitrogen and oxygen atoms in total. The van der Waals surface area contributed by atoms with Crippen molar-refractivity contribution >= 4 is 12.4 Å². The maximum atomic E-state index is 12.8. The molecular formula is C18H21ClFNO. The normalized spacial score (nSPS) is 14.0. The summed E-state index contributed by atoms with van der Waals surface area (Å²) in [4.78, 5) is 2.47. The summed E-state index contributed by atoms with van der Waals surface area (Å²) in [6, 6.07) is 14.9. The van der Waals surface area contributed by atoms with E-state index in [1.54, 1.807) is 12.1 Å². The van der Waals surface area contributed by atoms with E-state index >= 15 is 0 Å². The second kappa shape index (κ2) is 8.16. The van der Waals surface area contributed by atoms with Gasteiger partial charge < -0.3 is 4.74 Å². The van der Waals surface area contributed by atoms with Crippen molar-refractivity contribution in [3.8, 4) is 5.75 Å². The lowest BCUT2D eigenvalue weighted by atomic mass is 10.00. The van der Waals surface area contributed by atoms with Crippen molar-refractivity contribution in [2.45, 2.75) is 19.4 Å². The number of nitrogens with zero attached hydrogens (tertiary/aromatic N) is 1. The fourth-order valence-electron chi connectivity index (χ4n) is 2.75. The number of halogens is 2. The van der Waals surface area contributed by atoms with Gasteiger partial charge in [0.15, 0.2) is 0 Å². The Bertz CT molecular complexity index is 588. The second-order valence-electron chi connectivity index (χ2n) is 5.45. The van der Waals surface area contributed by atoms with Gasteiger partial charge in [-0.3, -0.25) is 4.90 Å². The zero-order valence-electron chi connectivity index (χ0n) is 12.5. The average Bonchev–Trinajstić information content (AvgIpc) is 2.53. The van der Waals surface area contributed by atoms with E-state index in [9.17, 15) is 4.39 Å². The predicted molar refractivity (Wildman–Crippen MR) is 89.2 cm³/mol. The fraction of sp³-hybridized carbons (Fsp3) is 0.333. The molecule has 1 heterocycles.